The number of hydrogen-bond donors (Lipinski definition) is 2. The highest BCUT2D eigenvalue weighted by molar-refractivity contribution is 7.09. The van der Waals surface area contributed by atoms with Crippen molar-refractivity contribution in [1.82, 2.24) is 25.1 Å². The first-order chi connectivity index (χ1) is 18.2. The molecule has 1 aromatic carbocycles. The predicted octanol–water partition coefficient (Wildman–Crippen LogP) is 5.65. The van der Waals surface area contributed by atoms with Crippen molar-refractivity contribution in [2.45, 2.75) is 78.3 Å². The van der Waals surface area contributed by atoms with E-state index >= 15 is 0 Å². The fourth-order valence-corrected chi connectivity index (χ4v) is 5.58. The monoisotopic (exact) mass is 539 g/mol. The van der Waals surface area contributed by atoms with Gasteiger partial charge >= 0.3 is 0 Å². The molecule has 0 aliphatic rings. The van der Waals surface area contributed by atoms with Crippen molar-refractivity contribution in [3.63, 3.8) is 0 Å². The number of rotatable bonds is 15. The van der Waals surface area contributed by atoms with Gasteiger partial charge in [0.05, 0.1) is 11.0 Å². The van der Waals surface area contributed by atoms with Gasteiger partial charge in [0, 0.05) is 29.4 Å². The Labute approximate surface area is 232 Å². The first-order valence-corrected chi connectivity index (χ1v) is 14.9. The molecule has 3 aromatic rings. The van der Waals surface area contributed by atoms with Crippen molar-refractivity contribution >= 4 is 34.2 Å². The number of amides is 2. The molecule has 1 atom stereocenters. The molecule has 208 valence electrons. The Hall–Kier alpha value is -2.71. The highest BCUT2D eigenvalue weighted by atomic mass is 32.1. The molecular weight excluding hydrogens is 494 g/mol. The lowest BCUT2D eigenvalue weighted by atomic mass is 10.0. The second kappa shape index (κ2) is 14.4. The summed E-state index contributed by atoms with van der Waals surface area (Å²) in [7, 11) is 4.09. The summed E-state index contributed by atoms with van der Waals surface area (Å²) in [6.45, 7) is 10.2. The van der Waals surface area contributed by atoms with Crippen molar-refractivity contribution < 1.29 is 9.59 Å². The maximum atomic E-state index is 13.3. The summed E-state index contributed by atoms with van der Waals surface area (Å²) in [5.74, 6) is 0.948. The molecule has 0 saturated heterocycles. The minimum absolute atomic E-state index is 0.116. The van der Waals surface area contributed by atoms with Crippen LogP contribution in [-0.4, -0.2) is 59.5 Å². The van der Waals surface area contributed by atoms with E-state index in [1.807, 2.05) is 32.3 Å². The second-order valence-corrected chi connectivity index (χ2v) is 11.8. The van der Waals surface area contributed by atoms with E-state index < -0.39 is 6.04 Å². The van der Waals surface area contributed by atoms with E-state index in [1.54, 1.807) is 11.3 Å². The minimum Gasteiger partial charge on any atom is -0.354 e. The SMILES string of the molecule is CCC(CC)n1c(Cc2cccs2)nc2cc(C(=O)N[C@@H](CC(C)C)C(=O)NCCCCN(C)C)ccc21. The van der Waals surface area contributed by atoms with Crippen LogP contribution in [0.1, 0.15) is 86.9 Å². The summed E-state index contributed by atoms with van der Waals surface area (Å²) in [5, 5.41) is 8.11. The third kappa shape index (κ3) is 8.14. The number of thiophene rings is 1. The van der Waals surface area contributed by atoms with E-state index in [9.17, 15) is 9.59 Å². The number of fused-ring (bicyclic) bond motifs is 1. The first kappa shape index (κ1) is 29.8. The summed E-state index contributed by atoms with van der Waals surface area (Å²) in [5.41, 5.74) is 2.40. The van der Waals surface area contributed by atoms with Crippen LogP contribution in [0.2, 0.25) is 0 Å². The standard InChI is InChI=1S/C30H45N5O2S/c1-7-23(8-2)35-27-14-13-22(19-25(27)32-28(35)20-24-12-11-17-38-24)29(36)33-26(18-21(3)4)30(37)31-15-9-10-16-34(5)6/h11-14,17,19,21,23,26H,7-10,15-16,18,20H2,1-6H3,(H,31,37)(H,33,36)/t26-/m0/s1. The number of unbranched alkanes of at least 4 members (excludes halogenated alkanes) is 1. The number of benzene rings is 1. The molecule has 0 aliphatic carbocycles. The number of nitrogens with zero attached hydrogens (tertiary/aromatic N) is 3. The molecule has 8 heteroatoms. The summed E-state index contributed by atoms with van der Waals surface area (Å²) in [6, 6.07) is 9.74. The lowest BCUT2D eigenvalue weighted by Gasteiger charge is -2.21. The van der Waals surface area contributed by atoms with Gasteiger partial charge in [-0.15, -0.1) is 11.3 Å². The fourth-order valence-electron chi connectivity index (χ4n) is 4.88. The highest BCUT2D eigenvalue weighted by Gasteiger charge is 2.24. The largest absolute Gasteiger partial charge is 0.354 e. The predicted molar refractivity (Wildman–Crippen MR) is 158 cm³/mol. The van der Waals surface area contributed by atoms with Crippen LogP contribution < -0.4 is 10.6 Å². The zero-order chi connectivity index (χ0) is 27.7. The Morgan fingerprint density at radius 1 is 1.11 bits per heavy atom. The summed E-state index contributed by atoms with van der Waals surface area (Å²) >= 11 is 1.74. The van der Waals surface area contributed by atoms with Gasteiger partial charge in [0.1, 0.15) is 11.9 Å². The molecule has 0 saturated carbocycles. The van der Waals surface area contributed by atoms with E-state index in [0.29, 0.717) is 24.6 Å². The Balaban J connectivity index is 1.78. The topological polar surface area (TPSA) is 79.3 Å². The smallest absolute Gasteiger partial charge is 0.252 e. The number of carbonyl (C=O) groups is 2. The Bertz CT molecular complexity index is 1160. The Kier molecular flexibility index (Phi) is 11.3. The molecule has 0 aliphatic heterocycles. The fraction of sp³-hybridized carbons (Fsp3) is 0.567. The Morgan fingerprint density at radius 2 is 1.87 bits per heavy atom. The normalized spacial score (nSPS) is 12.6. The zero-order valence-electron chi connectivity index (χ0n) is 23.9. The van der Waals surface area contributed by atoms with Crippen LogP contribution in [0.4, 0.5) is 0 Å². The van der Waals surface area contributed by atoms with Gasteiger partial charge in [-0.3, -0.25) is 9.59 Å². The van der Waals surface area contributed by atoms with E-state index in [-0.39, 0.29) is 17.7 Å². The van der Waals surface area contributed by atoms with Crippen molar-refractivity contribution in [1.29, 1.82) is 0 Å². The summed E-state index contributed by atoms with van der Waals surface area (Å²) in [6.07, 6.45) is 5.33. The number of hydrogen-bond acceptors (Lipinski definition) is 5. The van der Waals surface area contributed by atoms with Crippen molar-refractivity contribution in [3.8, 4) is 0 Å². The van der Waals surface area contributed by atoms with Gasteiger partial charge < -0.3 is 20.1 Å². The minimum atomic E-state index is -0.566. The van der Waals surface area contributed by atoms with E-state index in [2.05, 4.69) is 65.3 Å². The molecule has 2 amide bonds. The maximum Gasteiger partial charge on any atom is 0.252 e. The van der Waals surface area contributed by atoms with Crippen LogP contribution in [0.5, 0.6) is 0 Å². The molecule has 38 heavy (non-hydrogen) atoms. The van der Waals surface area contributed by atoms with Gasteiger partial charge in [0.15, 0.2) is 0 Å². The lowest BCUT2D eigenvalue weighted by Crippen LogP contribution is -2.47. The molecule has 0 fully saturated rings. The Morgan fingerprint density at radius 3 is 2.50 bits per heavy atom. The average molecular weight is 540 g/mol. The molecule has 0 radical (unpaired) electrons. The van der Waals surface area contributed by atoms with Crippen molar-refractivity contribution in [2.75, 3.05) is 27.2 Å². The molecule has 2 N–H and O–H groups in total. The van der Waals surface area contributed by atoms with Crippen LogP contribution >= 0.6 is 11.3 Å². The number of nitrogens with one attached hydrogen (secondary N) is 2. The molecule has 2 heterocycles. The second-order valence-electron chi connectivity index (χ2n) is 10.8. The summed E-state index contributed by atoms with van der Waals surface area (Å²) in [4.78, 5) is 34.6. The van der Waals surface area contributed by atoms with Gasteiger partial charge in [-0.1, -0.05) is 33.8 Å². The van der Waals surface area contributed by atoms with E-state index in [4.69, 9.17) is 4.98 Å². The quantitative estimate of drug-likeness (QED) is 0.245. The molecular formula is C30H45N5O2S. The van der Waals surface area contributed by atoms with Gasteiger partial charge in [-0.2, -0.15) is 0 Å². The van der Waals surface area contributed by atoms with Gasteiger partial charge in [-0.05, 0) is 88.3 Å². The van der Waals surface area contributed by atoms with Crippen molar-refractivity contribution in [3.05, 3.63) is 52.0 Å². The van der Waals surface area contributed by atoms with Gasteiger partial charge in [0.2, 0.25) is 5.91 Å². The third-order valence-electron chi connectivity index (χ3n) is 6.91. The molecule has 2 aromatic heterocycles. The van der Waals surface area contributed by atoms with E-state index in [0.717, 1.165) is 55.5 Å². The van der Waals surface area contributed by atoms with Crippen LogP contribution in [0, 0.1) is 5.92 Å². The third-order valence-corrected chi connectivity index (χ3v) is 7.78. The lowest BCUT2D eigenvalue weighted by molar-refractivity contribution is -0.123. The van der Waals surface area contributed by atoms with Crippen LogP contribution in [0.15, 0.2) is 35.7 Å². The maximum absolute atomic E-state index is 13.3. The van der Waals surface area contributed by atoms with Crippen LogP contribution in [0.25, 0.3) is 11.0 Å². The van der Waals surface area contributed by atoms with E-state index in [1.165, 1.54) is 4.88 Å². The average Bonchev–Trinajstić information content (AvgIpc) is 3.51. The number of imidazole rings is 1. The first-order valence-electron chi connectivity index (χ1n) is 14.0. The molecule has 0 bridgehead atoms. The summed E-state index contributed by atoms with van der Waals surface area (Å²) < 4.78 is 2.35. The molecule has 0 spiro atoms. The molecule has 0 unspecified atom stereocenters. The van der Waals surface area contributed by atoms with Crippen LogP contribution in [0.3, 0.4) is 0 Å². The number of carbonyl (C=O) groups excluding carboxylic acids is 2. The molecule has 7 nitrogen and oxygen atoms in total. The molecule has 3 rings (SSSR count). The number of aromatic nitrogens is 2. The van der Waals surface area contributed by atoms with Crippen LogP contribution in [-0.2, 0) is 11.2 Å². The van der Waals surface area contributed by atoms with Crippen molar-refractivity contribution in [2.24, 2.45) is 5.92 Å². The van der Waals surface area contributed by atoms with Gasteiger partial charge in [0.25, 0.3) is 5.91 Å². The zero-order valence-corrected chi connectivity index (χ0v) is 24.7. The van der Waals surface area contributed by atoms with Gasteiger partial charge in [-0.25, -0.2) is 4.98 Å². The highest BCUT2D eigenvalue weighted by Crippen LogP contribution is 2.28.